The molecule has 0 saturated heterocycles. The second-order valence-electron chi connectivity index (χ2n) is 5.38. The summed E-state index contributed by atoms with van der Waals surface area (Å²) in [5.41, 5.74) is 0.875. The van der Waals surface area contributed by atoms with Gasteiger partial charge >= 0.3 is 0 Å². The minimum Gasteiger partial charge on any atom is -0.345 e. The van der Waals surface area contributed by atoms with Crippen molar-refractivity contribution in [2.45, 2.75) is 20.3 Å². The molecule has 0 aliphatic rings. The van der Waals surface area contributed by atoms with Crippen LogP contribution in [0, 0.1) is 5.92 Å². The molecule has 0 fully saturated rings. The lowest BCUT2D eigenvalue weighted by molar-refractivity contribution is 0.0827. The molecule has 1 rings (SSSR count). The highest BCUT2D eigenvalue weighted by molar-refractivity contribution is 7.92. The first-order valence-electron chi connectivity index (χ1n) is 6.53. The van der Waals surface area contributed by atoms with Crippen molar-refractivity contribution in [2.75, 3.05) is 24.6 Å². The lowest BCUT2D eigenvalue weighted by Gasteiger charge is -2.13. The van der Waals surface area contributed by atoms with Crippen molar-refractivity contribution in [1.82, 2.24) is 4.90 Å². The summed E-state index contributed by atoms with van der Waals surface area (Å²) in [6.07, 6.45) is 0.603. The molecule has 1 amide bonds. The van der Waals surface area contributed by atoms with Crippen molar-refractivity contribution in [3.05, 3.63) is 29.8 Å². The summed E-state index contributed by atoms with van der Waals surface area (Å²) in [4.78, 5) is 13.3. The third kappa shape index (κ3) is 5.21. The highest BCUT2D eigenvalue weighted by atomic mass is 32.2. The fourth-order valence-corrected chi connectivity index (χ4v) is 2.97. The largest absolute Gasteiger partial charge is 0.345 e. The molecule has 0 radical (unpaired) electrons. The molecule has 1 aromatic rings. The van der Waals surface area contributed by atoms with Gasteiger partial charge in [0.15, 0.2) is 0 Å². The van der Waals surface area contributed by atoms with Crippen LogP contribution in [0.15, 0.2) is 24.3 Å². The van der Waals surface area contributed by atoms with Gasteiger partial charge in [-0.3, -0.25) is 9.52 Å². The summed E-state index contributed by atoms with van der Waals surface area (Å²) < 4.78 is 26.3. The average molecular weight is 298 g/mol. The fraction of sp³-hybridized carbons (Fsp3) is 0.500. The van der Waals surface area contributed by atoms with Gasteiger partial charge in [-0.25, -0.2) is 8.42 Å². The average Bonchev–Trinajstić information content (AvgIpc) is 2.35. The number of nitrogens with one attached hydrogen (secondary N) is 1. The molecular formula is C14H22N2O3S. The van der Waals surface area contributed by atoms with Gasteiger partial charge in [0, 0.05) is 25.3 Å². The minimum absolute atomic E-state index is 0.0799. The Morgan fingerprint density at radius 3 is 2.50 bits per heavy atom. The Morgan fingerprint density at radius 1 is 1.30 bits per heavy atom. The number of rotatable bonds is 6. The third-order valence-corrected chi connectivity index (χ3v) is 4.07. The molecule has 0 aromatic heterocycles. The molecule has 0 aliphatic carbocycles. The molecule has 1 aromatic carbocycles. The van der Waals surface area contributed by atoms with E-state index in [-0.39, 0.29) is 11.7 Å². The number of amides is 1. The molecule has 112 valence electrons. The summed E-state index contributed by atoms with van der Waals surface area (Å²) in [6, 6.07) is 6.51. The summed E-state index contributed by atoms with van der Waals surface area (Å²) in [6.45, 7) is 3.96. The van der Waals surface area contributed by atoms with E-state index >= 15 is 0 Å². The van der Waals surface area contributed by atoms with Gasteiger partial charge in [0.2, 0.25) is 10.0 Å². The molecule has 0 heterocycles. The molecule has 0 unspecified atom stereocenters. The van der Waals surface area contributed by atoms with Gasteiger partial charge < -0.3 is 4.90 Å². The lowest BCUT2D eigenvalue weighted by atomic mass is 10.2. The number of hydrogen-bond acceptors (Lipinski definition) is 3. The first kappa shape index (κ1) is 16.5. The van der Waals surface area contributed by atoms with E-state index in [0.29, 0.717) is 23.6 Å². The first-order chi connectivity index (χ1) is 9.21. The molecule has 20 heavy (non-hydrogen) atoms. The number of sulfonamides is 1. The van der Waals surface area contributed by atoms with Crippen LogP contribution in [-0.4, -0.2) is 39.1 Å². The maximum Gasteiger partial charge on any atom is 0.253 e. The molecule has 0 aliphatic heterocycles. The highest BCUT2D eigenvalue weighted by Crippen LogP contribution is 2.14. The topological polar surface area (TPSA) is 66.5 Å². The van der Waals surface area contributed by atoms with Crippen LogP contribution in [-0.2, 0) is 10.0 Å². The van der Waals surface area contributed by atoms with Gasteiger partial charge in [-0.1, -0.05) is 19.9 Å². The standard InChI is InChI=1S/C14H22N2O3S/c1-11(2)8-9-20(18,19)15-13-7-5-6-12(10-13)14(17)16(3)4/h5-7,10-11,15H,8-9H2,1-4H3. The van der Waals surface area contributed by atoms with Gasteiger partial charge in [0.1, 0.15) is 0 Å². The Morgan fingerprint density at radius 2 is 1.95 bits per heavy atom. The number of benzene rings is 1. The van der Waals surface area contributed by atoms with Crippen molar-refractivity contribution >= 4 is 21.6 Å². The van der Waals surface area contributed by atoms with Crippen molar-refractivity contribution in [1.29, 1.82) is 0 Å². The number of anilines is 1. The Balaban J connectivity index is 2.83. The summed E-state index contributed by atoms with van der Waals surface area (Å²) in [5, 5.41) is 0. The second kappa shape index (κ2) is 6.74. The maximum absolute atomic E-state index is 11.9. The molecule has 0 saturated carbocycles. The van der Waals surface area contributed by atoms with Gasteiger partial charge in [-0.15, -0.1) is 0 Å². The first-order valence-corrected chi connectivity index (χ1v) is 8.18. The molecule has 6 heteroatoms. The molecular weight excluding hydrogens is 276 g/mol. The van der Waals surface area contributed by atoms with Gasteiger partial charge in [0.25, 0.3) is 5.91 Å². The zero-order valence-electron chi connectivity index (χ0n) is 12.4. The minimum atomic E-state index is -3.37. The van der Waals surface area contributed by atoms with E-state index in [9.17, 15) is 13.2 Å². The molecule has 0 bridgehead atoms. The highest BCUT2D eigenvalue weighted by Gasteiger charge is 2.13. The van der Waals surface area contributed by atoms with Crippen LogP contribution in [0.1, 0.15) is 30.6 Å². The second-order valence-corrected chi connectivity index (χ2v) is 7.23. The van der Waals surface area contributed by atoms with Crippen LogP contribution in [0.4, 0.5) is 5.69 Å². The van der Waals surface area contributed by atoms with Crippen LogP contribution in [0.3, 0.4) is 0 Å². The third-order valence-electron chi connectivity index (χ3n) is 2.75. The van der Waals surface area contributed by atoms with Crippen LogP contribution >= 0.6 is 0 Å². The zero-order valence-corrected chi connectivity index (χ0v) is 13.2. The van der Waals surface area contributed by atoms with E-state index in [0.717, 1.165) is 0 Å². The summed E-state index contributed by atoms with van der Waals surface area (Å²) in [5.74, 6) is 0.248. The maximum atomic E-state index is 11.9. The predicted octanol–water partition coefficient (Wildman–Crippen LogP) is 2.18. The number of carbonyl (C=O) groups is 1. The van der Waals surface area contributed by atoms with Crippen molar-refractivity contribution in [2.24, 2.45) is 5.92 Å². The lowest BCUT2D eigenvalue weighted by Crippen LogP contribution is -2.22. The summed E-state index contributed by atoms with van der Waals surface area (Å²) in [7, 11) is -0.0582. The van der Waals surface area contributed by atoms with Crippen LogP contribution < -0.4 is 4.72 Å². The van der Waals surface area contributed by atoms with E-state index in [2.05, 4.69) is 4.72 Å². The molecule has 0 atom stereocenters. The van der Waals surface area contributed by atoms with Crippen molar-refractivity contribution < 1.29 is 13.2 Å². The quantitative estimate of drug-likeness (QED) is 0.875. The van der Waals surface area contributed by atoms with Crippen LogP contribution in [0.5, 0.6) is 0 Å². The summed E-state index contributed by atoms with van der Waals surface area (Å²) >= 11 is 0. The Bertz CT molecular complexity index is 566. The zero-order chi connectivity index (χ0) is 15.3. The van der Waals surface area contributed by atoms with Crippen molar-refractivity contribution in [3.63, 3.8) is 0 Å². The predicted molar refractivity (Wildman–Crippen MR) is 81.3 cm³/mol. The van der Waals surface area contributed by atoms with Crippen LogP contribution in [0.2, 0.25) is 0 Å². The van der Waals surface area contributed by atoms with Gasteiger partial charge in [-0.2, -0.15) is 0 Å². The molecule has 1 N–H and O–H groups in total. The smallest absolute Gasteiger partial charge is 0.253 e. The Labute approximate surface area is 121 Å². The van der Waals surface area contributed by atoms with Gasteiger partial charge in [-0.05, 0) is 30.5 Å². The fourth-order valence-electron chi connectivity index (χ4n) is 1.60. The number of hydrogen-bond donors (Lipinski definition) is 1. The Hall–Kier alpha value is -1.56. The van der Waals surface area contributed by atoms with E-state index in [4.69, 9.17) is 0 Å². The number of nitrogens with zero attached hydrogens (tertiary/aromatic N) is 1. The molecule has 5 nitrogen and oxygen atoms in total. The monoisotopic (exact) mass is 298 g/mol. The Kier molecular flexibility index (Phi) is 5.56. The van der Waals surface area contributed by atoms with Crippen LogP contribution in [0.25, 0.3) is 0 Å². The van der Waals surface area contributed by atoms with E-state index in [1.807, 2.05) is 13.8 Å². The normalized spacial score (nSPS) is 11.4. The molecule has 0 spiro atoms. The van der Waals surface area contributed by atoms with Crippen molar-refractivity contribution in [3.8, 4) is 0 Å². The van der Waals surface area contributed by atoms with E-state index in [1.54, 1.807) is 38.4 Å². The van der Waals surface area contributed by atoms with Gasteiger partial charge in [0.05, 0.1) is 5.75 Å². The number of carbonyl (C=O) groups excluding carboxylic acids is 1. The van der Waals surface area contributed by atoms with E-state index < -0.39 is 10.0 Å². The SMILES string of the molecule is CC(C)CCS(=O)(=O)Nc1cccc(C(=O)N(C)C)c1. The van der Waals surface area contributed by atoms with E-state index in [1.165, 1.54) is 4.90 Å².